The normalized spacial score (nSPS) is 12.2. The van der Waals surface area contributed by atoms with Gasteiger partial charge in [-0.1, -0.05) is 51.8 Å². The average Bonchev–Trinajstić information content (AvgIpc) is 2.37. The minimum Gasteiger partial charge on any atom is -0.488 e. The number of aliphatic hydroxyl groups excluding tert-OH is 1. The van der Waals surface area contributed by atoms with Crippen LogP contribution in [0.1, 0.15) is 24.2 Å². The van der Waals surface area contributed by atoms with Crippen LogP contribution in [0.4, 0.5) is 0 Å². The van der Waals surface area contributed by atoms with E-state index < -0.39 is 6.10 Å². The fraction of sp³-hybridized carbons (Fsp3) is 0.200. The number of aliphatic hydroxyl groups is 1. The van der Waals surface area contributed by atoms with E-state index in [9.17, 15) is 5.11 Å². The summed E-state index contributed by atoms with van der Waals surface area (Å²) in [7, 11) is 0. The lowest BCUT2D eigenvalue weighted by Gasteiger charge is -2.14. The second kappa shape index (κ2) is 6.42. The van der Waals surface area contributed by atoms with Gasteiger partial charge in [-0.15, -0.1) is 0 Å². The van der Waals surface area contributed by atoms with E-state index in [1.165, 1.54) is 0 Å². The van der Waals surface area contributed by atoms with Crippen LogP contribution < -0.4 is 4.74 Å². The Morgan fingerprint density at radius 1 is 1.26 bits per heavy atom. The maximum Gasteiger partial charge on any atom is 0.126 e. The van der Waals surface area contributed by atoms with Gasteiger partial charge in [0.25, 0.3) is 0 Å². The van der Waals surface area contributed by atoms with Crippen LogP contribution in [0.25, 0.3) is 0 Å². The zero-order valence-electron chi connectivity index (χ0n) is 10.4. The molecule has 1 atom stereocenters. The monoisotopic (exact) mass is 340 g/mol. The Morgan fingerprint density at radius 3 is 2.68 bits per heavy atom. The number of hydrogen-bond donors (Lipinski definition) is 1. The molecule has 4 heteroatoms. The molecule has 0 unspecified atom stereocenters. The molecule has 2 rings (SSSR count). The second-order valence-corrected chi connectivity index (χ2v) is 5.56. The first-order valence-electron chi connectivity index (χ1n) is 5.91. The molecule has 2 aromatic rings. The molecule has 0 saturated carbocycles. The van der Waals surface area contributed by atoms with Gasteiger partial charge in [0.15, 0.2) is 0 Å². The van der Waals surface area contributed by atoms with Gasteiger partial charge in [0, 0.05) is 20.6 Å². The van der Waals surface area contributed by atoms with Crippen LogP contribution in [0.2, 0.25) is 5.02 Å². The molecule has 0 aromatic heterocycles. The molecule has 100 valence electrons. The van der Waals surface area contributed by atoms with Crippen LogP contribution in [0, 0.1) is 0 Å². The topological polar surface area (TPSA) is 29.5 Å². The molecule has 0 bridgehead atoms. The number of hydrogen-bond acceptors (Lipinski definition) is 2. The minimum absolute atomic E-state index is 0.371. The number of halogens is 2. The summed E-state index contributed by atoms with van der Waals surface area (Å²) in [5.74, 6) is 0.657. The number of benzene rings is 2. The SMILES string of the molecule is C[C@H](O)c1ccc(Br)cc1OCc1ccccc1Cl. The number of rotatable bonds is 4. The zero-order valence-corrected chi connectivity index (χ0v) is 12.8. The molecule has 2 aromatic carbocycles. The first-order chi connectivity index (χ1) is 9.08. The lowest BCUT2D eigenvalue weighted by Crippen LogP contribution is -2.01. The van der Waals surface area contributed by atoms with Gasteiger partial charge in [0.05, 0.1) is 6.10 Å². The van der Waals surface area contributed by atoms with Crippen LogP contribution >= 0.6 is 27.5 Å². The van der Waals surface area contributed by atoms with Crippen molar-refractivity contribution in [2.45, 2.75) is 19.6 Å². The smallest absolute Gasteiger partial charge is 0.126 e. The van der Waals surface area contributed by atoms with Crippen molar-refractivity contribution in [2.24, 2.45) is 0 Å². The van der Waals surface area contributed by atoms with E-state index in [1.807, 2.05) is 42.5 Å². The zero-order chi connectivity index (χ0) is 13.8. The third-order valence-electron chi connectivity index (χ3n) is 2.77. The summed E-state index contributed by atoms with van der Waals surface area (Å²) in [6.45, 7) is 2.08. The quantitative estimate of drug-likeness (QED) is 0.870. The molecule has 0 spiro atoms. The molecule has 1 N–H and O–H groups in total. The fourth-order valence-corrected chi connectivity index (χ4v) is 2.28. The Balaban J connectivity index is 2.19. The summed E-state index contributed by atoms with van der Waals surface area (Å²) >= 11 is 9.48. The second-order valence-electron chi connectivity index (χ2n) is 4.24. The minimum atomic E-state index is -0.575. The van der Waals surface area contributed by atoms with Crippen molar-refractivity contribution in [3.8, 4) is 5.75 Å². The average molecular weight is 342 g/mol. The molecule has 19 heavy (non-hydrogen) atoms. The number of ether oxygens (including phenoxy) is 1. The van der Waals surface area contributed by atoms with Crippen molar-refractivity contribution >= 4 is 27.5 Å². The van der Waals surface area contributed by atoms with E-state index in [-0.39, 0.29) is 0 Å². The van der Waals surface area contributed by atoms with Crippen molar-refractivity contribution in [1.82, 2.24) is 0 Å². The van der Waals surface area contributed by atoms with Gasteiger partial charge >= 0.3 is 0 Å². The van der Waals surface area contributed by atoms with Crippen molar-refractivity contribution in [2.75, 3.05) is 0 Å². The molecule has 0 radical (unpaired) electrons. The highest BCUT2D eigenvalue weighted by atomic mass is 79.9. The van der Waals surface area contributed by atoms with Crippen molar-refractivity contribution in [3.63, 3.8) is 0 Å². The van der Waals surface area contributed by atoms with E-state index in [0.717, 1.165) is 15.6 Å². The summed E-state index contributed by atoms with van der Waals surface area (Å²) in [6, 6.07) is 13.1. The summed E-state index contributed by atoms with van der Waals surface area (Å²) in [4.78, 5) is 0. The van der Waals surface area contributed by atoms with Gasteiger partial charge < -0.3 is 9.84 Å². The van der Waals surface area contributed by atoms with Gasteiger partial charge in [-0.25, -0.2) is 0 Å². The van der Waals surface area contributed by atoms with Crippen LogP contribution in [0.5, 0.6) is 5.75 Å². The Hall–Kier alpha value is -1.03. The molecule has 0 aliphatic rings. The molecule has 0 saturated heterocycles. The molecular weight excluding hydrogens is 328 g/mol. The van der Waals surface area contributed by atoms with Gasteiger partial charge in [-0.2, -0.15) is 0 Å². The highest BCUT2D eigenvalue weighted by Crippen LogP contribution is 2.29. The van der Waals surface area contributed by atoms with Crippen LogP contribution in [-0.4, -0.2) is 5.11 Å². The molecule has 2 nitrogen and oxygen atoms in total. The predicted octanol–water partition coefficient (Wildman–Crippen LogP) is 4.73. The standard InChI is InChI=1S/C15H14BrClO2/c1-10(18)13-7-6-12(16)8-15(13)19-9-11-4-2-3-5-14(11)17/h2-8,10,18H,9H2,1H3/t10-/m0/s1. The first-order valence-corrected chi connectivity index (χ1v) is 7.08. The van der Waals surface area contributed by atoms with E-state index in [4.69, 9.17) is 16.3 Å². The molecular formula is C15H14BrClO2. The highest BCUT2D eigenvalue weighted by Gasteiger charge is 2.10. The Morgan fingerprint density at radius 2 is 2.00 bits per heavy atom. The molecule has 0 fully saturated rings. The molecule has 0 aliphatic carbocycles. The van der Waals surface area contributed by atoms with Gasteiger partial charge in [0.1, 0.15) is 12.4 Å². The van der Waals surface area contributed by atoms with E-state index in [2.05, 4.69) is 15.9 Å². The van der Waals surface area contributed by atoms with Crippen molar-refractivity contribution in [1.29, 1.82) is 0 Å². The molecule has 0 heterocycles. The summed E-state index contributed by atoms with van der Waals surface area (Å²) in [5, 5.41) is 10.4. The van der Waals surface area contributed by atoms with Gasteiger partial charge in [-0.05, 0) is 25.1 Å². The fourth-order valence-electron chi connectivity index (χ4n) is 1.75. The third-order valence-corrected chi connectivity index (χ3v) is 3.63. The van der Waals surface area contributed by atoms with Gasteiger partial charge in [-0.3, -0.25) is 0 Å². The molecule has 0 aliphatic heterocycles. The van der Waals surface area contributed by atoms with E-state index in [1.54, 1.807) is 6.92 Å². The van der Waals surface area contributed by atoms with E-state index >= 15 is 0 Å². The summed E-state index contributed by atoms with van der Waals surface area (Å²) in [5.41, 5.74) is 1.68. The Bertz CT molecular complexity index is 570. The third kappa shape index (κ3) is 3.72. The first kappa shape index (κ1) is 14.4. The predicted molar refractivity (Wildman–Crippen MR) is 80.6 cm³/mol. The Labute approximate surface area is 126 Å². The summed E-state index contributed by atoms with van der Waals surface area (Å²) in [6.07, 6.45) is -0.575. The van der Waals surface area contributed by atoms with E-state index in [0.29, 0.717) is 17.4 Å². The van der Waals surface area contributed by atoms with Crippen LogP contribution in [0.3, 0.4) is 0 Å². The van der Waals surface area contributed by atoms with Crippen LogP contribution in [-0.2, 0) is 6.61 Å². The largest absolute Gasteiger partial charge is 0.488 e. The summed E-state index contributed by atoms with van der Waals surface area (Å²) < 4.78 is 6.68. The lowest BCUT2D eigenvalue weighted by atomic mass is 10.1. The van der Waals surface area contributed by atoms with Crippen molar-refractivity contribution < 1.29 is 9.84 Å². The highest BCUT2D eigenvalue weighted by molar-refractivity contribution is 9.10. The Kier molecular flexibility index (Phi) is 4.86. The van der Waals surface area contributed by atoms with Crippen molar-refractivity contribution in [3.05, 3.63) is 63.1 Å². The van der Waals surface area contributed by atoms with Gasteiger partial charge in [0.2, 0.25) is 0 Å². The maximum atomic E-state index is 9.73. The molecule has 0 amide bonds. The van der Waals surface area contributed by atoms with Crippen LogP contribution in [0.15, 0.2) is 46.9 Å². The lowest BCUT2D eigenvalue weighted by molar-refractivity contribution is 0.190. The maximum absolute atomic E-state index is 9.73.